The highest BCUT2D eigenvalue weighted by atomic mass is 35.5. The molecule has 0 bridgehead atoms. The number of aromatic nitrogens is 1. The third-order valence-corrected chi connectivity index (χ3v) is 2.81. The third kappa shape index (κ3) is 3.66. The van der Waals surface area contributed by atoms with Gasteiger partial charge < -0.3 is 10.1 Å². The minimum Gasteiger partial charge on any atom is -0.484 e. The van der Waals surface area contributed by atoms with Gasteiger partial charge in [0.05, 0.1) is 16.4 Å². The summed E-state index contributed by atoms with van der Waals surface area (Å²) in [5, 5.41) is 3.07. The molecule has 2 aromatic rings. The number of hydrogen-bond acceptors (Lipinski definition) is 3. The highest BCUT2D eigenvalue weighted by Gasteiger charge is 2.07. The van der Waals surface area contributed by atoms with Gasteiger partial charge in [-0.25, -0.2) is 4.39 Å². The quantitative estimate of drug-likeness (QED) is 0.913. The zero-order chi connectivity index (χ0) is 13.7. The molecule has 0 aliphatic carbocycles. The van der Waals surface area contributed by atoms with Gasteiger partial charge in [0.15, 0.2) is 11.6 Å². The summed E-state index contributed by atoms with van der Waals surface area (Å²) in [7, 11) is 1.85. The van der Waals surface area contributed by atoms with E-state index in [0.29, 0.717) is 6.54 Å². The molecule has 0 saturated heterocycles. The number of nitrogens with zero attached hydrogens (tertiary/aromatic N) is 1. The molecule has 100 valence electrons. The number of hydrogen-bond donors (Lipinski definition) is 1. The largest absolute Gasteiger partial charge is 0.484 e. The number of nitrogens with one attached hydrogen (secondary N) is 1. The van der Waals surface area contributed by atoms with E-state index in [2.05, 4.69) is 10.3 Å². The molecule has 0 aliphatic rings. The maximum atomic E-state index is 13.6. The predicted octanol–water partition coefficient (Wildman–Crippen LogP) is 3.17. The molecule has 19 heavy (non-hydrogen) atoms. The lowest BCUT2D eigenvalue weighted by molar-refractivity contribution is 0.285. The van der Waals surface area contributed by atoms with Crippen molar-refractivity contribution in [3.63, 3.8) is 0 Å². The van der Waals surface area contributed by atoms with Crippen molar-refractivity contribution < 1.29 is 9.13 Å². The van der Waals surface area contributed by atoms with Crippen LogP contribution in [0.3, 0.4) is 0 Å². The van der Waals surface area contributed by atoms with Crippen LogP contribution in [0.2, 0.25) is 5.02 Å². The molecule has 1 aromatic heterocycles. The van der Waals surface area contributed by atoms with E-state index in [1.165, 1.54) is 6.07 Å². The normalized spacial score (nSPS) is 10.5. The Bertz CT molecular complexity index is 563. The Balaban J connectivity index is 2.06. The Labute approximate surface area is 116 Å². The van der Waals surface area contributed by atoms with Gasteiger partial charge in [0, 0.05) is 6.54 Å². The summed E-state index contributed by atoms with van der Waals surface area (Å²) in [5.41, 5.74) is 1.65. The summed E-state index contributed by atoms with van der Waals surface area (Å²) in [5.74, 6) is -0.413. The molecule has 0 radical (unpaired) electrons. The summed E-state index contributed by atoms with van der Waals surface area (Å²) in [6.45, 7) is 0.883. The van der Waals surface area contributed by atoms with Gasteiger partial charge in [0.2, 0.25) is 0 Å². The van der Waals surface area contributed by atoms with Gasteiger partial charge in [-0.05, 0) is 31.3 Å². The minimum atomic E-state index is -0.546. The van der Waals surface area contributed by atoms with Gasteiger partial charge in [-0.2, -0.15) is 0 Å². The van der Waals surface area contributed by atoms with Gasteiger partial charge in [-0.15, -0.1) is 0 Å². The van der Waals surface area contributed by atoms with E-state index >= 15 is 0 Å². The van der Waals surface area contributed by atoms with Crippen LogP contribution in [0.15, 0.2) is 36.4 Å². The van der Waals surface area contributed by atoms with Crippen molar-refractivity contribution in [3.8, 4) is 5.75 Å². The molecule has 2 rings (SSSR count). The highest BCUT2D eigenvalue weighted by molar-refractivity contribution is 6.30. The Hall–Kier alpha value is -1.65. The maximum absolute atomic E-state index is 13.6. The fraction of sp³-hybridized carbons (Fsp3) is 0.214. The first-order valence-electron chi connectivity index (χ1n) is 5.87. The van der Waals surface area contributed by atoms with Crippen LogP contribution in [0.4, 0.5) is 4.39 Å². The molecular weight excluding hydrogens is 267 g/mol. The van der Waals surface area contributed by atoms with Crippen LogP contribution in [-0.4, -0.2) is 12.0 Å². The molecule has 0 atom stereocenters. The Morgan fingerprint density at radius 3 is 2.74 bits per heavy atom. The smallest absolute Gasteiger partial charge is 0.183 e. The van der Waals surface area contributed by atoms with E-state index in [4.69, 9.17) is 16.3 Å². The molecule has 0 aliphatic heterocycles. The number of pyridine rings is 1. The van der Waals surface area contributed by atoms with Crippen LogP contribution in [0.25, 0.3) is 0 Å². The average molecular weight is 281 g/mol. The Morgan fingerprint density at radius 1 is 1.21 bits per heavy atom. The molecular formula is C14H14ClFN2O. The van der Waals surface area contributed by atoms with Crippen LogP contribution in [0, 0.1) is 5.82 Å². The standard InChI is InChI=1S/C14H14ClFN2O/c1-17-8-10-4-2-5-11(18-10)9-19-13-7-3-6-12(15)14(13)16/h2-7,17H,8-9H2,1H3. The lowest BCUT2D eigenvalue weighted by Gasteiger charge is -2.08. The van der Waals surface area contributed by atoms with Gasteiger partial charge >= 0.3 is 0 Å². The fourth-order valence-corrected chi connectivity index (χ4v) is 1.80. The molecule has 5 heteroatoms. The molecule has 1 heterocycles. The summed E-state index contributed by atoms with van der Waals surface area (Å²) in [6, 6.07) is 10.3. The number of halogens is 2. The van der Waals surface area contributed by atoms with Crippen LogP contribution in [0.5, 0.6) is 5.75 Å². The second-order valence-corrected chi connectivity index (χ2v) is 4.40. The molecule has 1 aromatic carbocycles. The van der Waals surface area contributed by atoms with E-state index in [1.807, 2.05) is 25.2 Å². The first-order chi connectivity index (χ1) is 9.20. The van der Waals surface area contributed by atoms with Gasteiger partial charge in [-0.1, -0.05) is 23.7 Å². The molecule has 0 saturated carbocycles. The molecule has 0 fully saturated rings. The van der Waals surface area contributed by atoms with E-state index in [0.717, 1.165) is 11.4 Å². The molecule has 3 nitrogen and oxygen atoms in total. The fourth-order valence-electron chi connectivity index (χ4n) is 1.64. The van der Waals surface area contributed by atoms with E-state index in [9.17, 15) is 4.39 Å². The van der Waals surface area contributed by atoms with Gasteiger partial charge in [-0.3, -0.25) is 4.98 Å². The van der Waals surface area contributed by atoms with Gasteiger partial charge in [0.25, 0.3) is 0 Å². The van der Waals surface area contributed by atoms with Crippen LogP contribution in [-0.2, 0) is 13.2 Å². The average Bonchev–Trinajstić information content (AvgIpc) is 2.41. The van der Waals surface area contributed by atoms with Crippen molar-refractivity contribution >= 4 is 11.6 Å². The van der Waals surface area contributed by atoms with Crippen LogP contribution in [0.1, 0.15) is 11.4 Å². The van der Waals surface area contributed by atoms with E-state index in [-0.39, 0.29) is 17.4 Å². The Morgan fingerprint density at radius 2 is 1.95 bits per heavy atom. The van der Waals surface area contributed by atoms with Crippen molar-refractivity contribution in [2.45, 2.75) is 13.2 Å². The third-order valence-electron chi connectivity index (χ3n) is 2.51. The lowest BCUT2D eigenvalue weighted by atomic mass is 10.3. The second kappa shape index (κ2) is 6.50. The monoisotopic (exact) mass is 280 g/mol. The molecule has 0 unspecified atom stereocenters. The van der Waals surface area contributed by atoms with Crippen molar-refractivity contribution in [1.82, 2.24) is 10.3 Å². The second-order valence-electron chi connectivity index (χ2n) is 3.99. The Kier molecular flexibility index (Phi) is 4.71. The number of rotatable bonds is 5. The number of ether oxygens (including phenoxy) is 1. The zero-order valence-corrected chi connectivity index (χ0v) is 11.2. The SMILES string of the molecule is CNCc1cccc(COc2cccc(Cl)c2F)n1. The summed E-state index contributed by atoms with van der Waals surface area (Å²) < 4.78 is 19.0. The maximum Gasteiger partial charge on any atom is 0.183 e. The zero-order valence-electron chi connectivity index (χ0n) is 10.5. The van der Waals surface area contributed by atoms with Gasteiger partial charge in [0.1, 0.15) is 6.61 Å². The predicted molar refractivity (Wildman–Crippen MR) is 72.7 cm³/mol. The first kappa shape index (κ1) is 13.8. The van der Waals surface area contributed by atoms with E-state index in [1.54, 1.807) is 12.1 Å². The summed E-state index contributed by atoms with van der Waals surface area (Å²) in [4.78, 5) is 4.39. The van der Waals surface area contributed by atoms with Crippen LogP contribution >= 0.6 is 11.6 Å². The van der Waals surface area contributed by atoms with Crippen molar-refractivity contribution in [2.75, 3.05) is 7.05 Å². The first-order valence-corrected chi connectivity index (χ1v) is 6.24. The van der Waals surface area contributed by atoms with Crippen LogP contribution < -0.4 is 10.1 Å². The van der Waals surface area contributed by atoms with E-state index < -0.39 is 5.82 Å². The lowest BCUT2D eigenvalue weighted by Crippen LogP contribution is -2.08. The molecule has 0 spiro atoms. The molecule has 1 N–H and O–H groups in total. The summed E-state index contributed by atoms with van der Waals surface area (Å²) in [6.07, 6.45) is 0. The van der Waals surface area contributed by atoms with Crippen molar-refractivity contribution in [3.05, 3.63) is 58.6 Å². The van der Waals surface area contributed by atoms with Crippen molar-refractivity contribution in [1.29, 1.82) is 0 Å². The van der Waals surface area contributed by atoms with Crippen molar-refractivity contribution in [2.24, 2.45) is 0 Å². The molecule has 0 amide bonds. The highest BCUT2D eigenvalue weighted by Crippen LogP contribution is 2.24. The minimum absolute atomic E-state index is 0.0504. The number of benzene rings is 1. The summed E-state index contributed by atoms with van der Waals surface area (Å²) >= 11 is 5.68. The topological polar surface area (TPSA) is 34.1 Å².